The minimum Gasteiger partial charge on any atom is -0.457 e. The third-order valence-electron chi connectivity index (χ3n) is 7.76. The summed E-state index contributed by atoms with van der Waals surface area (Å²) in [5, 5.41) is 11.9. The van der Waals surface area contributed by atoms with Crippen LogP contribution in [0.1, 0.15) is 69.8 Å². The molecule has 1 fully saturated rings. The number of methoxy groups -OCH3 is 1. The first kappa shape index (κ1) is 28.1. The molecule has 0 amide bonds. The predicted molar refractivity (Wildman–Crippen MR) is 153 cm³/mol. The van der Waals surface area contributed by atoms with Gasteiger partial charge in [-0.05, 0) is 82.4 Å². The van der Waals surface area contributed by atoms with E-state index in [9.17, 15) is 14.7 Å². The van der Waals surface area contributed by atoms with Crippen molar-refractivity contribution in [3.8, 4) is 5.75 Å². The van der Waals surface area contributed by atoms with Crippen LogP contribution >= 0.6 is 0 Å². The van der Waals surface area contributed by atoms with E-state index in [1.165, 1.54) is 6.42 Å². The average molecular weight is 523 g/mol. The maximum Gasteiger partial charge on any atom is 0.253 e. The van der Waals surface area contributed by atoms with Crippen molar-refractivity contribution in [1.29, 1.82) is 0 Å². The van der Waals surface area contributed by atoms with Crippen molar-refractivity contribution in [3.05, 3.63) is 74.3 Å². The van der Waals surface area contributed by atoms with E-state index in [0.29, 0.717) is 43.1 Å². The lowest BCUT2D eigenvalue weighted by Gasteiger charge is -2.34. The predicted octanol–water partition coefficient (Wildman–Crippen LogP) is 4.81. The fourth-order valence-corrected chi connectivity index (χ4v) is 5.65. The van der Waals surface area contributed by atoms with Crippen molar-refractivity contribution >= 4 is 11.4 Å². The number of ether oxygens (including phenoxy) is 2. The second-order valence-electron chi connectivity index (χ2n) is 10.6. The molecule has 1 heterocycles. The second-order valence-corrected chi connectivity index (χ2v) is 10.6. The summed E-state index contributed by atoms with van der Waals surface area (Å²) in [6.07, 6.45) is 14.8. The van der Waals surface area contributed by atoms with Crippen LogP contribution in [0.2, 0.25) is 0 Å². The van der Waals surface area contributed by atoms with Crippen LogP contribution in [-0.2, 0) is 10.3 Å². The summed E-state index contributed by atoms with van der Waals surface area (Å²) in [5.74, 6) is 1.49. The highest BCUT2D eigenvalue weighted by Crippen LogP contribution is 2.39. The van der Waals surface area contributed by atoms with Gasteiger partial charge in [-0.15, -0.1) is 0 Å². The van der Waals surface area contributed by atoms with E-state index in [0.717, 1.165) is 69.4 Å². The van der Waals surface area contributed by atoms with Gasteiger partial charge in [-0.25, -0.2) is 0 Å². The quantitative estimate of drug-likeness (QED) is 0.282. The van der Waals surface area contributed by atoms with Crippen LogP contribution in [0.25, 0.3) is 0 Å². The summed E-state index contributed by atoms with van der Waals surface area (Å²) < 4.78 is 11.5. The zero-order valence-electron chi connectivity index (χ0n) is 22.9. The Kier molecular flexibility index (Phi) is 9.80. The summed E-state index contributed by atoms with van der Waals surface area (Å²) in [7, 11) is 3.57. The van der Waals surface area contributed by atoms with E-state index in [-0.39, 0.29) is 10.9 Å². The highest BCUT2D eigenvalue weighted by atomic mass is 16.5. The first-order chi connectivity index (χ1) is 18.4. The minimum atomic E-state index is -1.06. The van der Waals surface area contributed by atoms with Gasteiger partial charge in [-0.1, -0.05) is 24.3 Å². The minimum absolute atomic E-state index is 0.346. The Labute approximate surface area is 226 Å². The van der Waals surface area contributed by atoms with Gasteiger partial charge < -0.3 is 24.4 Å². The zero-order valence-corrected chi connectivity index (χ0v) is 22.9. The molecule has 2 aromatic carbocycles. The van der Waals surface area contributed by atoms with Gasteiger partial charge >= 0.3 is 0 Å². The van der Waals surface area contributed by atoms with Crippen molar-refractivity contribution in [2.75, 3.05) is 50.2 Å². The molecule has 1 atom stereocenters. The van der Waals surface area contributed by atoms with Crippen molar-refractivity contribution in [3.63, 3.8) is 0 Å². The van der Waals surface area contributed by atoms with Crippen LogP contribution in [-0.4, -0.2) is 45.5 Å². The first-order valence-corrected chi connectivity index (χ1v) is 14.1. The molecule has 4 rings (SSSR count). The lowest BCUT2D eigenvalue weighted by Crippen LogP contribution is -2.47. The Bertz CT molecular complexity index is 1190. The second kappa shape index (κ2) is 13.3. The highest BCUT2D eigenvalue weighted by Gasteiger charge is 2.32. The third kappa shape index (κ3) is 6.56. The lowest BCUT2D eigenvalue weighted by atomic mass is 9.84. The molecule has 0 bridgehead atoms. The molecular weight excluding hydrogens is 480 g/mol. The van der Waals surface area contributed by atoms with Crippen molar-refractivity contribution in [1.82, 2.24) is 0 Å². The normalized spacial score (nSPS) is 17.3. The van der Waals surface area contributed by atoms with E-state index < -0.39 is 5.60 Å². The monoisotopic (exact) mass is 522 g/mol. The Balaban J connectivity index is 1.42. The van der Waals surface area contributed by atoms with Crippen LogP contribution in [0.15, 0.2) is 57.8 Å². The summed E-state index contributed by atoms with van der Waals surface area (Å²) in [5.41, 5.74) is 0.166. The van der Waals surface area contributed by atoms with Crippen LogP contribution in [0.5, 0.6) is 5.75 Å². The summed E-state index contributed by atoms with van der Waals surface area (Å²) in [6, 6.07) is 7.74. The Morgan fingerprint density at radius 2 is 1.76 bits per heavy atom. The summed E-state index contributed by atoms with van der Waals surface area (Å²) in [4.78, 5) is 28.8. The third-order valence-corrected chi connectivity index (χ3v) is 7.76. The number of hydrogen-bond donors (Lipinski definition) is 1. The van der Waals surface area contributed by atoms with Gasteiger partial charge in [0.05, 0.1) is 5.60 Å². The number of nitrogens with zero attached hydrogens (tertiary/aromatic N) is 2. The number of anilines is 2. The molecule has 0 saturated carbocycles. The van der Waals surface area contributed by atoms with Gasteiger partial charge in [0.25, 0.3) is 10.9 Å². The molecule has 7 nitrogen and oxygen atoms in total. The number of para-hydroxylation sites is 1. The molecule has 0 spiro atoms. The smallest absolute Gasteiger partial charge is 0.253 e. The zero-order chi connectivity index (χ0) is 27.0. The molecule has 38 heavy (non-hydrogen) atoms. The molecule has 1 saturated heterocycles. The maximum atomic E-state index is 12.4. The van der Waals surface area contributed by atoms with Gasteiger partial charge in [0.2, 0.25) is 0 Å². The van der Waals surface area contributed by atoms with Crippen molar-refractivity contribution in [2.45, 2.75) is 69.8 Å². The molecule has 0 unspecified atom stereocenters. The summed E-state index contributed by atoms with van der Waals surface area (Å²) >= 11 is 0. The SMILES string of the molecule is COCCC[C@](O)(CCCCN(C)c1c(N2CCCCC2)c(=O)c1=O)c1ccccc1OC1=CCCC=C1. The van der Waals surface area contributed by atoms with E-state index in [2.05, 4.69) is 17.1 Å². The fraction of sp³-hybridized carbons (Fsp3) is 0.548. The molecule has 0 aromatic heterocycles. The Hall–Kier alpha value is -2.90. The molecule has 1 aliphatic carbocycles. The van der Waals surface area contributed by atoms with Crippen LogP contribution in [0, 0.1) is 0 Å². The molecular formula is C31H42N2O5. The van der Waals surface area contributed by atoms with Gasteiger partial charge in [-0.2, -0.15) is 0 Å². The molecule has 2 aromatic rings. The molecule has 0 radical (unpaired) electrons. The van der Waals surface area contributed by atoms with E-state index in [4.69, 9.17) is 9.47 Å². The molecule has 1 aliphatic heterocycles. The molecule has 7 heteroatoms. The van der Waals surface area contributed by atoms with E-state index in [1.54, 1.807) is 7.11 Å². The lowest BCUT2D eigenvalue weighted by molar-refractivity contribution is 0.00620. The van der Waals surface area contributed by atoms with Gasteiger partial charge in [-0.3, -0.25) is 9.59 Å². The van der Waals surface area contributed by atoms with Crippen molar-refractivity contribution in [2.24, 2.45) is 0 Å². The fourth-order valence-electron chi connectivity index (χ4n) is 5.65. The first-order valence-electron chi connectivity index (χ1n) is 14.1. The highest BCUT2D eigenvalue weighted by molar-refractivity contribution is 5.76. The number of unbranched alkanes of at least 4 members (excludes halogenated alkanes) is 1. The largest absolute Gasteiger partial charge is 0.457 e. The van der Waals surface area contributed by atoms with Crippen LogP contribution < -0.4 is 25.4 Å². The Morgan fingerprint density at radius 1 is 1.00 bits per heavy atom. The van der Waals surface area contributed by atoms with Crippen LogP contribution in [0.3, 0.4) is 0 Å². The summed E-state index contributed by atoms with van der Waals surface area (Å²) in [6.45, 7) is 2.91. The van der Waals surface area contributed by atoms with Crippen molar-refractivity contribution < 1.29 is 14.6 Å². The van der Waals surface area contributed by atoms with Gasteiger partial charge in [0, 0.05) is 46.0 Å². The maximum absolute atomic E-state index is 12.4. The number of rotatable bonds is 14. The number of benzene rings is 1. The molecule has 2 aliphatic rings. The molecule has 206 valence electrons. The Morgan fingerprint density at radius 3 is 2.50 bits per heavy atom. The average Bonchev–Trinajstić information content (AvgIpc) is 2.95. The standard InChI is InChI=1S/C31H42N2O5/c1-32(27-28(30(35)29(27)34)33-21-10-4-11-22-33)20-12-9-18-31(36,19-13-23-37-2)25-16-7-8-17-26(25)38-24-14-5-3-6-15-24/h5,7-8,14-17,36H,3-4,6,9-13,18-23H2,1-2H3/t31-/m1/s1. The number of piperidine rings is 1. The van der Waals surface area contributed by atoms with Gasteiger partial charge in [0.15, 0.2) is 0 Å². The number of aliphatic hydroxyl groups is 1. The number of hydrogen-bond acceptors (Lipinski definition) is 7. The van der Waals surface area contributed by atoms with Crippen LogP contribution in [0.4, 0.5) is 11.4 Å². The van der Waals surface area contributed by atoms with E-state index in [1.807, 2.05) is 42.3 Å². The van der Waals surface area contributed by atoms with E-state index >= 15 is 0 Å². The van der Waals surface area contributed by atoms with Gasteiger partial charge in [0.1, 0.15) is 22.9 Å². The molecule has 1 N–H and O–H groups in total. The topological polar surface area (TPSA) is 79.3 Å². The number of allylic oxidation sites excluding steroid dienone is 3.